The van der Waals surface area contributed by atoms with Crippen LogP contribution in [0.25, 0.3) is 0 Å². The molecule has 0 aliphatic carbocycles. The summed E-state index contributed by atoms with van der Waals surface area (Å²) in [5.41, 5.74) is 2.23. The number of carbonyl (C=O) groups excluding carboxylic acids is 1. The van der Waals surface area contributed by atoms with Crippen LogP contribution in [-0.2, 0) is 0 Å². The van der Waals surface area contributed by atoms with Crippen molar-refractivity contribution in [1.29, 1.82) is 0 Å². The molecule has 0 radical (unpaired) electrons. The Bertz CT molecular complexity index is 925. The minimum atomic E-state index is -0.261. The van der Waals surface area contributed by atoms with Gasteiger partial charge in [0.15, 0.2) is 17.4 Å². The lowest BCUT2D eigenvalue weighted by molar-refractivity contribution is 0.0824. The van der Waals surface area contributed by atoms with E-state index in [-0.39, 0.29) is 17.2 Å². The number of aryl methyl sites for hydroxylation is 1. The summed E-state index contributed by atoms with van der Waals surface area (Å²) in [5, 5.41) is 16.8. The molecule has 0 fully saturated rings. The highest BCUT2D eigenvalue weighted by Gasteiger charge is 2.20. The zero-order valence-electron chi connectivity index (χ0n) is 14.6. The molecule has 0 atom stereocenters. The Morgan fingerprint density at radius 2 is 1.69 bits per heavy atom. The van der Waals surface area contributed by atoms with Gasteiger partial charge in [-0.05, 0) is 30.7 Å². The van der Waals surface area contributed by atoms with E-state index >= 15 is 0 Å². The standard InChI is InChI=1S/C18H19N5O2S/c1-11-9-10-13(15(24)14(11)18(25)23(2)3)20-17-16(21-26-22-17)19-12-7-5-4-6-8-12/h4-10,24H,1-3H3,(H,19,21)(H,20,22). The van der Waals surface area contributed by atoms with E-state index < -0.39 is 0 Å². The summed E-state index contributed by atoms with van der Waals surface area (Å²) in [6, 6.07) is 13.1. The molecule has 0 saturated heterocycles. The molecule has 2 aromatic carbocycles. The highest BCUT2D eigenvalue weighted by Crippen LogP contribution is 2.35. The largest absolute Gasteiger partial charge is 0.505 e. The number of benzene rings is 2. The molecule has 7 nitrogen and oxygen atoms in total. The van der Waals surface area contributed by atoms with Crippen molar-refractivity contribution in [3.63, 3.8) is 0 Å². The third kappa shape index (κ3) is 3.60. The van der Waals surface area contributed by atoms with Crippen molar-refractivity contribution in [3.05, 3.63) is 53.6 Å². The molecule has 3 N–H and O–H groups in total. The van der Waals surface area contributed by atoms with Crippen molar-refractivity contribution in [2.75, 3.05) is 24.7 Å². The van der Waals surface area contributed by atoms with Gasteiger partial charge in [0.05, 0.1) is 23.0 Å². The molecule has 0 aliphatic rings. The van der Waals surface area contributed by atoms with Gasteiger partial charge in [0, 0.05) is 19.8 Å². The lowest BCUT2D eigenvalue weighted by Gasteiger charge is -2.16. The van der Waals surface area contributed by atoms with Crippen LogP contribution in [0.4, 0.5) is 23.0 Å². The predicted molar refractivity (Wildman–Crippen MR) is 104 cm³/mol. The average Bonchev–Trinajstić information content (AvgIpc) is 3.05. The van der Waals surface area contributed by atoms with Gasteiger partial charge in [0.25, 0.3) is 5.91 Å². The van der Waals surface area contributed by atoms with Gasteiger partial charge >= 0.3 is 0 Å². The quantitative estimate of drug-likeness (QED) is 0.594. The van der Waals surface area contributed by atoms with Crippen molar-refractivity contribution in [2.24, 2.45) is 0 Å². The monoisotopic (exact) mass is 369 g/mol. The molecule has 3 aromatic rings. The Kier molecular flexibility index (Phi) is 5.04. The fraction of sp³-hybridized carbons (Fsp3) is 0.167. The number of amides is 1. The lowest BCUT2D eigenvalue weighted by Crippen LogP contribution is -2.22. The smallest absolute Gasteiger partial charge is 0.257 e. The maximum atomic E-state index is 12.3. The number of carbonyl (C=O) groups is 1. The molecule has 1 aromatic heterocycles. The number of nitrogens with one attached hydrogen (secondary N) is 2. The zero-order valence-corrected chi connectivity index (χ0v) is 15.5. The number of hydrogen-bond donors (Lipinski definition) is 3. The van der Waals surface area contributed by atoms with Crippen molar-refractivity contribution in [2.45, 2.75) is 6.92 Å². The van der Waals surface area contributed by atoms with Crippen LogP contribution in [-0.4, -0.2) is 38.8 Å². The van der Waals surface area contributed by atoms with E-state index in [0.717, 1.165) is 17.4 Å². The van der Waals surface area contributed by atoms with Crippen LogP contribution in [0.1, 0.15) is 15.9 Å². The number of rotatable bonds is 5. The number of para-hydroxylation sites is 1. The van der Waals surface area contributed by atoms with Crippen molar-refractivity contribution >= 4 is 40.6 Å². The van der Waals surface area contributed by atoms with E-state index in [4.69, 9.17) is 0 Å². The highest BCUT2D eigenvalue weighted by molar-refractivity contribution is 6.99. The molecule has 0 saturated carbocycles. The van der Waals surface area contributed by atoms with E-state index in [1.54, 1.807) is 33.2 Å². The van der Waals surface area contributed by atoms with Crippen LogP contribution < -0.4 is 10.6 Å². The van der Waals surface area contributed by atoms with E-state index in [9.17, 15) is 9.90 Å². The zero-order chi connectivity index (χ0) is 18.7. The molecule has 1 amide bonds. The van der Waals surface area contributed by atoms with Crippen LogP contribution in [0.15, 0.2) is 42.5 Å². The molecule has 0 aliphatic heterocycles. The van der Waals surface area contributed by atoms with Crippen LogP contribution >= 0.6 is 11.7 Å². The second-order valence-electron chi connectivity index (χ2n) is 5.93. The molecule has 26 heavy (non-hydrogen) atoms. The first kappa shape index (κ1) is 17.7. The molecule has 0 spiro atoms. The molecule has 0 unspecified atom stereocenters. The molecule has 0 bridgehead atoms. The molecular formula is C18H19N5O2S. The van der Waals surface area contributed by atoms with Crippen LogP contribution in [0.2, 0.25) is 0 Å². The predicted octanol–water partition coefficient (Wildman–Crippen LogP) is 3.74. The number of nitrogens with zero attached hydrogens (tertiary/aromatic N) is 3. The van der Waals surface area contributed by atoms with Gasteiger partial charge in [-0.3, -0.25) is 4.79 Å². The van der Waals surface area contributed by atoms with E-state index in [2.05, 4.69) is 19.4 Å². The van der Waals surface area contributed by atoms with Crippen molar-refractivity contribution in [1.82, 2.24) is 13.6 Å². The Hall–Kier alpha value is -3.13. The summed E-state index contributed by atoms with van der Waals surface area (Å²) in [7, 11) is 3.29. The Morgan fingerprint density at radius 3 is 2.35 bits per heavy atom. The van der Waals surface area contributed by atoms with E-state index in [1.807, 2.05) is 30.3 Å². The molecule has 1 heterocycles. The Morgan fingerprint density at radius 1 is 1.04 bits per heavy atom. The summed E-state index contributed by atoms with van der Waals surface area (Å²) < 4.78 is 8.47. The first-order valence-electron chi connectivity index (χ1n) is 7.93. The number of phenols is 1. The van der Waals surface area contributed by atoms with E-state index in [1.165, 1.54) is 4.90 Å². The molecule has 8 heteroatoms. The van der Waals surface area contributed by atoms with Gasteiger partial charge in [-0.25, -0.2) is 0 Å². The summed E-state index contributed by atoms with van der Waals surface area (Å²) >= 11 is 1.05. The highest BCUT2D eigenvalue weighted by atomic mass is 32.1. The Labute approximate surface area is 155 Å². The molecule has 3 rings (SSSR count). The second kappa shape index (κ2) is 7.40. The number of phenolic OH excluding ortho intramolecular Hbond substituents is 1. The topological polar surface area (TPSA) is 90.4 Å². The van der Waals surface area contributed by atoms with Crippen LogP contribution in [0.5, 0.6) is 5.75 Å². The maximum absolute atomic E-state index is 12.3. The van der Waals surface area contributed by atoms with Gasteiger partial charge < -0.3 is 20.6 Å². The summed E-state index contributed by atoms with van der Waals surface area (Å²) in [5.74, 6) is 0.646. The number of hydrogen-bond acceptors (Lipinski definition) is 7. The second-order valence-corrected chi connectivity index (χ2v) is 6.46. The fourth-order valence-electron chi connectivity index (χ4n) is 2.42. The van der Waals surface area contributed by atoms with Gasteiger partial charge in [0.2, 0.25) is 0 Å². The number of aromatic hydroxyl groups is 1. The lowest BCUT2D eigenvalue weighted by atomic mass is 10.0. The number of aromatic nitrogens is 2. The average molecular weight is 369 g/mol. The van der Waals surface area contributed by atoms with Crippen LogP contribution in [0, 0.1) is 6.92 Å². The minimum Gasteiger partial charge on any atom is -0.505 e. The van der Waals surface area contributed by atoms with Gasteiger partial charge in [-0.15, -0.1) is 0 Å². The third-order valence-electron chi connectivity index (χ3n) is 3.78. The van der Waals surface area contributed by atoms with Crippen LogP contribution in [0.3, 0.4) is 0 Å². The van der Waals surface area contributed by atoms with Crippen molar-refractivity contribution in [3.8, 4) is 5.75 Å². The van der Waals surface area contributed by atoms with Gasteiger partial charge in [0.1, 0.15) is 0 Å². The molecular weight excluding hydrogens is 350 g/mol. The first-order chi connectivity index (χ1) is 12.5. The SMILES string of the molecule is Cc1ccc(Nc2nsnc2Nc2ccccc2)c(O)c1C(=O)N(C)C. The fourth-order valence-corrected chi connectivity index (χ4v) is 2.89. The first-order valence-corrected chi connectivity index (χ1v) is 8.66. The van der Waals surface area contributed by atoms with Crippen molar-refractivity contribution < 1.29 is 9.90 Å². The summed E-state index contributed by atoms with van der Waals surface area (Å²) in [4.78, 5) is 13.8. The minimum absolute atomic E-state index is 0.109. The van der Waals surface area contributed by atoms with Gasteiger partial charge in [-0.1, -0.05) is 24.3 Å². The summed E-state index contributed by atoms with van der Waals surface area (Å²) in [6.07, 6.45) is 0. The maximum Gasteiger partial charge on any atom is 0.257 e. The molecule has 134 valence electrons. The summed E-state index contributed by atoms with van der Waals surface area (Å²) in [6.45, 7) is 1.78. The van der Waals surface area contributed by atoms with E-state index in [0.29, 0.717) is 22.9 Å². The Balaban J connectivity index is 1.90. The normalized spacial score (nSPS) is 10.4. The van der Waals surface area contributed by atoms with Gasteiger partial charge in [-0.2, -0.15) is 8.75 Å². The third-order valence-corrected chi connectivity index (χ3v) is 4.31. The number of anilines is 4.